The quantitative estimate of drug-likeness (QED) is 0.841. The molecule has 0 aliphatic carbocycles. The topological polar surface area (TPSA) is 49.3 Å². The number of hydrogen-bond donors (Lipinski definition) is 2. The molecule has 0 atom stereocenters. The summed E-state index contributed by atoms with van der Waals surface area (Å²) in [6, 6.07) is 17.0. The van der Waals surface area contributed by atoms with Crippen molar-refractivity contribution < 1.29 is 9.90 Å². The van der Waals surface area contributed by atoms with Crippen LogP contribution in [0.3, 0.4) is 0 Å². The van der Waals surface area contributed by atoms with Crippen LogP contribution >= 0.6 is 37.2 Å². The van der Waals surface area contributed by atoms with Gasteiger partial charge in [0.1, 0.15) is 0 Å². The highest BCUT2D eigenvalue weighted by molar-refractivity contribution is 5.90. The molecule has 2 aromatic carbocycles. The minimum Gasteiger partial charge on any atom is -0.465 e. The maximum absolute atomic E-state index is 10.6. The first-order chi connectivity index (χ1) is 7.77. The van der Waals surface area contributed by atoms with Crippen molar-refractivity contribution in [1.82, 2.24) is 0 Å². The fraction of sp³-hybridized carbons (Fsp3) is 0. The number of anilines is 1. The van der Waals surface area contributed by atoms with Crippen molar-refractivity contribution in [2.24, 2.45) is 0 Å². The van der Waals surface area contributed by atoms with Gasteiger partial charge in [0.2, 0.25) is 0 Å². The van der Waals surface area contributed by atoms with E-state index in [9.17, 15) is 4.79 Å². The van der Waals surface area contributed by atoms with Gasteiger partial charge in [-0.15, -0.1) is 37.2 Å². The average molecular weight is 323 g/mol. The molecule has 104 valence electrons. The third-order valence-corrected chi connectivity index (χ3v) is 2.25. The van der Waals surface area contributed by atoms with E-state index in [1.807, 2.05) is 42.5 Å². The summed E-state index contributed by atoms with van der Waals surface area (Å²) in [7, 11) is 0. The van der Waals surface area contributed by atoms with Crippen molar-refractivity contribution >= 4 is 49.0 Å². The van der Waals surface area contributed by atoms with Crippen LogP contribution in [-0.4, -0.2) is 11.2 Å². The first-order valence-corrected chi connectivity index (χ1v) is 4.92. The molecule has 19 heavy (non-hydrogen) atoms. The van der Waals surface area contributed by atoms with Gasteiger partial charge in [-0.05, 0) is 11.6 Å². The third-order valence-electron chi connectivity index (χ3n) is 2.25. The van der Waals surface area contributed by atoms with Crippen LogP contribution in [0.5, 0.6) is 0 Å². The molecule has 0 fully saturated rings. The van der Waals surface area contributed by atoms with Gasteiger partial charge in [-0.25, -0.2) is 4.79 Å². The summed E-state index contributed by atoms with van der Waals surface area (Å²) in [6.07, 6.45) is -1.05. The molecular weight excluding hydrogens is 309 g/mol. The second-order valence-corrected chi connectivity index (χ2v) is 3.34. The number of carboxylic acid groups (broad SMARTS) is 1. The fourth-order valence-corrected chi connectivity index (χ4v) is 1.58. The van der Waals surface area contributed by atoms with Crippen LogP contribution in [0.2, 0.25) is 0 Å². The zero-order valence-corrected chi connectivity index (χ0v) is 12.2. The Hall–Kier alpha value is -1.42. The minimum atomic E-state index is -1.05. The van der Waals surface area contributed by atoms with Gasteiger partial charge in [-0.3, -0.25) is 5.32 Å². The summed E-state index contributed by atoms with van der Waals surface area (Å²) in [4.78, 5) is 10.6. The van der Waals surface area contributed by atoms with Crippen LogP contribution in [0.15, 0.2) is 54.6 Å². The minimum absolute atomic E-state index is 0. The lowest BCUT2D eigenvalue weighted by Crippen LogP contribution is -2.08. The zero-order chi connectivity index (χ0) is 11.4. The SMILES string of the molecule is Cl.Cl.Cl.O=C(O)Nc1ccccc1-c1ccccc1. The van der Waals surface area contributed by atoms with Crippen LogP contribution in [-0.2, 0) is 0 Å². The summed E-state index contributed by atoms with van der Waals surface area (Å²) in [5.74, 6) is 0. The van der Waals surface area contributed by atoms with Crippen molar-refractivity contribution in [1.29, 1.82) is 0 Å². The average Bonchev–Trinajstić information content (AvgIpc) is 2.30. The molecule has 0 saturated heterocycles. The molecule has 0 spiro atoms. The molecule has 0 unspecified atom stereocenters. The number of hydrogen-bond acceptors (Lipinski definition) is 1. The Kier molecular flexibility index (Phi) is 9.96. The lowest BCUT2D eigenvalue weighted by atomic mass is 10.0. The van der Waals surface area contributed by atoms with Crippen molar-refractivity contribution in [3.8, 4) is 11.1 Å². The smallest absolute Gasteiger partial charge is 0.409 e. The van der Waals surface area contributed by atoms with Crippen LogP contribution in [0.25, 0.3) is 11.1 Å². The second-order valence-electron chi connectivity index (χ2n) is 3.34. The van der Waals surface area contributed by atoms with Crippen LogP contribution in [0.1, 0.15) is 0 Å². The number of carbonyl (C=O) groups is 1. The molecule has 2 rings (SSSR count). The van der Waals surface area contributed by atoms with Gasteiger partial charge in [0.15, 0.2) is 0 Å². The Labute approximate surface area is 130 Å². The van der Waals surface area contributed by atoms with E-state index in [0.717, 1.165) is 11.1 Å². The molecule has 2 aromatic rings. The molecule has 2 N–H and O–H groups in total. The Balaban J connectivity index is 0. The fourth-order valence-electron chi connectivity index (χ4n) is 1.58. The molecule has 3 nitrogen and oxygen atoms in total. The summed E-state index contributed by atoms with van der Waals surface area (Å²) >= 11 is 0. The van der Waals surface area contributed by atoms with Crippen LogP contribution in [0, 0.1) is 0 Å². The van der Waals surface area contributed by atoms with Gasteiger partial charge in [0, 0.05) is 5.56 Å². The third kappa shape index (κ3) is 5.39. The molecule has 0 heterocycles. The molecule has 6 heteroatoms. The van der Waals surface area contributed by atoms with E-state index in [-0.39, 0.29) is 37.2 Å². The highest BCUT2D eigenvalue weighted by Gasteiger charge is 2.05. The zero-order valence-electron chi connectivity index (χ0n) is 9.78. The summed E-state index contributed by atoms with van der Waals surface area (Å²) in [6.45, 7) is 0. The summed E-state index contributed by atoms with van der Waals surface area (Å²) in [5.41, 5.74) is 2.47. The highest BCUT2D eigenvalue weighted by Crippen LogP contribution is 2.27. The highest BCUT2D eigenvalue weighted by atomic mass is 35.5. The Morgan fingerprint density at radius 2 is 1.37 bits per heavy atom. The predicted molar refractivity (Wildman–Crippen MR) is 85.3 cm³/mol. The van der Waals surface area contributed by atoms with Gasteiger partial charge in [0.25, 0.3) is 0 Å². The maximum Gasteiger partial charge on any atom is 0.409 e. The lowest BCUT2D eigenvalue weighted by Gasteiger charge is -2.08. The number of halogens is 3. The van der Waals surface area contributed by atoms with Crippen molar-refractivity contribution in [3.63, 3.8) is 0 Å². The van der Waals surface area contributed by atoms with Gasteiger partial charge in [-0.1, -0.05) is 48.5 Å². The number of nitrogens with one attached hydrogen (secondary N) is 1. The molecule has 0 bridgehead atoms. The second kappa shape index (κ2) is 9.50. The monoisotopic (exact) mass is 321 g/mol. The van der Waals surface area contributed by atoms with Crippen molar-refractivity contribution in [2.75, 3.05) is 5.32 Å². The van der Waals surface area contributed by atoms with Gasteiger partial charge < -0.3 is 5.11 Å². The Bertz CT molecular complexity index is 506. The van der Waals surface area contributed by atoms with Gasteiger partial charge in [-0.2, -0.15) is 0 Å². The van der Waals surface area contributed by atoms with Crippen LogP contribution in [0.4, 0.5) is 10.5 Å². The van der Waals surface area contributed by atoms with Crippen molar-refractivity contribution in [2.45, 2.75) is 0 Å². The molecule has 0 saturated carbocycles. The van der Waals surface area contributed by atoms with E-state index in [0.29, 0.717) is 5.69 Å². The maximum atomic E-state index is 10.6. The Morgan fingerprint density at radius 1 is 0.842 bits per heavy atom. The van der Waals surface area contributed by atoms with E-state index in [2.05, 4.69) is 5.32 Å². The molecule has 0 aliphatic rings. The van der Waals surface area contributed by atoms with E-state index < -0.39 is 6.09 Å². The number of benzene rings is 2. The summed E-state index contributed by atoms with van der Waals surface area (Å²) in [5, 5.41) is 11.1. The largest absolute Gasteiger partial charge is 0.465 e. The lowest BCUT2D eigenvalue weighted by molar-refractivity contribution is 0.210. The van der Waals surface area contributed by atoms with E-state index in [4.69, 9.17) is 5.11 Å². The standard InChI is InChI=1S/C13H11NO2.3ClH/c15-13(16)14-12-9-5-4-8-11(12)10-6-2-1-3-7-10;;;/h1-9,14H,(H,15,16);3*1H. The molecule has 0 radical (unpaired) electrons. The molecular formula is C13H14Cl3NO2. The molecule has 0 aliphatic heterocycles. The van der Waals surface area contributed by atoms with E-state index in [1.165, 1.54) is 0 Å². The number of rotatable bonds is 2. The number of para-hydroxylation sites is 1. The van der Waals surface area contributed by atoms with Crippen molar-refractivity contribution in [3.05, 3.63) is 54.6 Å². The molecule has 0 aromatic heterocycles. The predicted octanol–water partition coefficient (Wildman–Crippen LogP) is 4.71. The summed E-state index contributed by atoms with van der Waals surface area (Å²) < 4.78 is 0. The first-order valence-electron chi connectivity index (χ1n) is 4.92. The van der Waals surface area contributed by atoms with E-state index in [1.54, 1.807) is 12.1 Å². The number of amides is 1. The van der Waals surface area contributed by atoms with Crippen LogP contribution < -0.4 is 5.32 Å². The Morgan fingerprint density at radius 3 is 1.95 bits per heavy atom. The van der Waals surface area contributed by atoms with E-state index >= 15 is 0 Å². The van der Waals surface area contributed by atoms with Gasteiger partial charge >= 0.3 is 6.09 Å². The normalized spacial score (nSPS) is 8.21. The first kappa shape index (κ1) is 19.9. The molecule has 1 amide bonds. The van der Waals surface area contributed by atoms with Gasteiger partial charge in [0.05, 0.1) is 5.69 Å².